The van der Waals surface area contributed by atoms with Crippen molar-refractivity contribution in [2.24, 2.45) is 0 Å². The minimum atomic E-state index is -1.19. The van der Waals surface area contributed by atoms with E-state index in [1.165, 1.54) is 35.2 Å². The summed E-state index contributed by atoms with van der Waals surface area (Å²) in [6, 6.07) is 6.27. The largest absolute Gasteiger partial charge is 1.00 e. The van der Waals surface area contributed by atoms with Gasteiger partial charge in [-0.2, -0.15) is 0 Å². The number of nitrogens with zero attached hydrogens (tertiary/aromatic N) is 2. The van der Waals surface area contributed by atoms with Crippen molar-refractivity contribution in [3.05, 3.63) is 33.8 Å². The van der Waals surface area contributed by atoms with Gasteiger partial charge in [0.2, 0.25) is 0 Å². The Bertz CT molecular complexity index is 606. The van der Waals surface area contributed by atoms with Gasteiger partial charge in [-0.25, -0.2) is 4.68 Å². The van der Waals surface area contributed by atoms with Crippen LogP contribution in [0.5, 0.6) is 0 Å². The van der Waals surface area contributed by atoms with E-state index >= 15 is 0 Å². The molecule has 0 unspecified atom stereocenters. The molecule has 2 aromatic rings. The first-order chi connectivity index (χ1) is 8.11. The number of rotatable bonds is 3. The molecule has 4 nitrogen and oxygen atoms in total. The van der Waals surface area contributed by atoms with Gasteiger partial charge in [-0.3, -0.25) is 0 Å². The summed E-state index contributed by atoms with van der Waals surface area (Å²) in [5.41, 5.74) is 0.886. The molecule has 0 amide bonds. The number of aromatic carboxylic acids is 1. The Hall–Kier alpha value is 0.456. The second-order valence-electron chi connectivity index (χ2n) is 3.08. The molecule has 0 radical (unpaired) electrons. The maximum Gasteiger partial charge on any atom is 1.00 e. The van der Waals surface area contributed by atoms with E-state index in [2.05, 4.69) is 5.10 Å². The van der Waals surface area contributed by atoms with Crippen LogP contribution in [0, 0.1) is 3.95 Å². The predicted molar refractivity (Wildman–Crippen MR) is 68.4 cm³/mol. The molecule has 18 heavy (non-hydrogen) atoms. The molecule has 1 aromatic heterocycles. The van der Waals surface area contributed by atoms with E-state index in [4.69, 9.17) is 12.2 Å². The summed E-state index contributed by atoms with van der Waals surface area (Å²) in [5.74, 6) is -1.19. The van der Waals surface area contributed by atoms with Crippen molar-refractivity contribution in [1.82, 2.24) is 9.78 Å². The molecule has 2 rings (SSSR count). The van der Waals surface area contributed by atoms with Gasteiger partial charge in [0, 0.05) is 0 Å². The molecule has 88 valence electrons. The van der Waals surface area contributed by atoms with Crippen LogP contribution in [0.3, 0.4) is 0 Å². The van der Waals surface area contributed by atoms with E-state index in [-0.39, 0.29) is 56.9 Å². The average Bonchev–Trinajstić information content (AvgIpc) is 2.71. The summed E-state index contributed by atoms with van der Waals surface area (Å²) in [4.78, 5) is 10.6. The Morgan fingerprint density at radius 2 is 2.06 bits per heavy atom. The first-order valence-corrected chi connectivity index (χ1v) is 7.02. The van der Waals surface area contributed by atoms with Gasteiger partial charge in [0.1, 0.15) is 0 Å². The van der Waals surface area contributed by atoms with E-state index in [0.717, 1.165) is 10.0 Å². The first kappa shape index (κ1) is 16.5. The van der Waals surface area contributed by atoms with Gasteiger partial charge < -0.3 is 9.90 Å². The summed E-state index contributed by atoms with van der Waals surface area (Å²) in [5, 5.41) is 14.9. The average molecular weight is 322 g/mol. The van der Waals surface area contributed by atoms with Crippen LogP contribution in [0.25, 0.3) is 5.69 Å². The summed E-state index contributed by atoms with van der Waals surface area (Å²) < 4.78 is 3.12. The maximum atomic E-state index is 10.6. The smallest absolute Gasteiger partial charge is 0.545 e. The van der Waals surface area contributed by atoms with Gasteiger partial charge in [-0.15, -0.1) is 5.10 Å². The molecular weight excluding hydrogens is 315 g/mol. The fourth-order valence-electron chi connectivity index (χ4n) is 1.25. The fraction of sp³-hybridized carbons (Fsp3) is 0.100. The summed E-state index contributed by atoms with van der Waals surface area (Å²) in [6.07, 6.45) is 1.93. The van der Waals surface area contributed by atoms with Crippen LogP contribution in [-0.2, 0) is 0 Å². The normalized spacial score (nSPS) is 9.83. The van der Waals surface area contributed by atoms with E-state index < -0.39 is 5.97 Å². The van der Waals surface area contributed by atoms with Gasteiger partial charge in [0.25, 0.3) is 0 Å². The summed E-state index contributed by atoms with van der Waals surface area (Å²) in [6.45, 7) is 0. The molecule has 0 fully saturated rings. The van der Waals surface area contributed by atoms with Crippen LogP contribution in [0.4, 0.5) is 0 Å². The number of carbonyl (C=O) groups excluding carboxylic acids is 1. The molecule has 0 saturated carbocycles. The van der Waals surface area contributed by atoms with E-state index in [9.17, 15) is 9.90 Å². The molecule has 0 aliphatic rings. The van der Waals surface area contributed by atoms with Crippen molar-refractivity contribution < 1.29 is 61.3 Å². The molecule has 0 saturated heterocycles. The van der Waals surface area contributed by atoms with Crippen molar-refractivity contribution in [2.75, 3.05) is 6.26 Å². The number of benzene rings is 1. The Morgan fingerprint density at radius 1 is 1.44 bits per heavy atom. The molecule has 0 aliphatic heterocycles. The Labute approximate surface area is 160 Å². The third-order valence-corrected chi connectivity index (χ3v) is 4.26. The molecule has 0 N–H and O–H groups in total. The zero-order valence-corrected chi connectivity index (χ0v) is 15.3. The third kappa shape index (κ3) is 3.73. The van der Waals surface area contributed by atoms with E-state index in [1.807, 2.05) is 6.26 Å². The molecule has 0 atom stereocenters. The standard InChI is InChI=1S/C10H8N2O2S3.K/c1-16-9-11-12(10(15)17-9)7-4-2-6(3-5-7)8(13)14;/h2-5H,1H3,(H,13,14);/q;+1/p-1. The fourth-order valence-corrected chi connectivity index (χ4v) is 3.02. The minimum absolute atomic E-state index is 0. The van der Waals surface area contributed by atoms with Crippen molar-refractivity contribution in [1.29, 1.82) is 0 Å². The third-order valence-electron chi connectivity index (χ3n) is 2.05. The molecule has 1 heterocycles. The molecule has 8 heteroatoms. The van der Waals surface area contributed by atoms with Gasteiger partial charge >= 0.3 is 51.4 Å². The van der Waals surface area contributed by atoms with Gasteiger partial charge in [0.05, 0.1) is 11.7 Å². The summed E-state index contributed by atoms with van der Waals surface area (Å²) >= 11 is 8.13. The number of carboxylic acids is 1. The zero-order valence-electron chi connectivity index (χ0n) is 9.75. The van der Waals surface area contributed by atoms with Crippen LogP contribution < -0.4 is 56.5 Å². The van der Waals surface area contributed by atoms with Crippen molar-refractivity contribution in [2.45, 2.75) is 4.34 Å². The molecule has 0 spiro atoms. The quantitative estimate of drug-likeness (QED) is 0.402. The number of thioether (sulfide) groups is 1. The van der Waals surface area contributed by atoms with Crippen LogP contribution in [0.15, 0.2) is 28.6 Å². The van der Waals surface area contributed by atoms with Gasteiger partial charge in [0.15, 0.2) is 8.29 Å². The molecule has 1 aromatic carbocycles. The predicted octanol–water partition coefficient (Wildman–Crippen LogP) is -1.25. The van der Waals surface area contributed by atoms with Crippen molar-refractivity contribution in [3.8, 4) is 5.69 Å². The van der Waals surface area contributed by atoms with Crippen LogP contribution in [-0.4, -0.2) is 22.0 Å². The SMILES string of the molecule is CSc1nn(-c2ccc(C(=O)[O-])cc2)c(=S)s1.[K+]. The van der Waals surface area contributed by atoms with Crippen molar-refractivity contribution in [3.63, 3.8) is 0 Å². The molecular formula is C10H7KN2O2S3. The number of aromatic nitrogens is 2. The minimum Gasteiger partial charge on any atom is -0.545 e. The van der Waals surface area contributed by atoms with Crippen LogP contribution in [0.2, 0.25) is 0 Å². The zero-order chi connectivity index (χ0) is 12.4. The van der Waals surface area contributed by atoms with E-state index in [1.54, 1.807) is 16.8 Å². The molecule has 0 bridgehead atoms. The monoisotopic (exact) mass is 322 g/mol. The Morgan fingerprint density at radius 3 is 2.50 bits per heavy atom. The van der Waals surface area contributed by atoms with E-state index in [0.29, 0.717) is 3.95 Å². The Kier molecular flexibility index (Phi) is 6.69. The topological polar surface area (TPSA) is 58.0 Å². The number of hydrogen-bond donors (Lipinski definition) is 0. The second-order valence-corrected chi connectivity index (χ2v) is 5.76. The maximum absolute atomic E-state index is 10.6. The van der Waals surface area contributed by atoms with Crippen LogP contribution >= 0.6 is 35.3 Å². The van der Waals surface area contributed by atoms with Crippen LogP contribution in [0.1, 0.15) is 10.4 Å². The first-order valence-electron chi connectivity index (χ1n) is 4.58. The number of carbonyl (C=O) groups is 1. The van der Waals surface area contributed by atoms with Gasteiger partial charge in [-0.05, 0) is 36.2 Å². The number of hydrogen-bond acceptors (Lipinski definition) is 6. The molecule has 0 aliphatic carbocycles. The summed E-state index contributed by atoms with van der Waals surface area (Å²) in [7, 11) is 0. The second kappa shape index (κ2) is 7.30. The van der Waals surface area contributed by atoms with Crippen molar-refractivity contribution >= 4 is 41.3 Å². The number of carboxylic acid groups (broad SMARTS) is 1. The van der Waals surface area contributed by atoms with Gasteiger partial charge in [-0.1, -0.05) is 35.2 Å². The Balaban J connectivity index is 0.00000162.